The van der Waals surface area contributed by atoms with Gasteiger partial charge in [0.05, 0.1) is 22.7 Å². The number of nitrogens with zero attached hydrogens (tertiary/aromatic N) is 3. The van der Waals surface area contributed by atoms with Crippen LogP contribution in [0, 0.1) is 0 Å². The molecule has 1 amide bonds. The van der Waals surface area contributed by atoms with Crippen LogP contribution in [0.5, 0.6) is 0 Å². The van der Waals surface area contributed by atoms with Crippen LogP contribution in [-0.4, -0.2) is 99.3 Å². The molecule has 0 saturated carbocycles. The Morgan fingerprint density at radius 2 is 1.55 bits per heavy atom. The van der Waals surface area contributed by atoms with Crippen molar-refractivity contribution in [2.24, 2.45) is 0 Å². The summed E-state index contributed by atoms with van der Waals surface area (Å²) in [5.41, 5.74) is -0.521. The zero-order valence-electron chi connectivity index (χ0n) is 23.6. The van der Waals surface area contributed by atoms with Gasteiger partial charge in [0.1, 0.15) is 0 Å². The van der Waals surface area contributed by atoms with Gasteiger partial charge in [-0.15, -0.1) is 24.8 Å². The Kier molecular flexibility index (Phi) is 13.0. The summed E-state index contributed by atoms with van der Waals surface area (Å²) in [6.45, 7) is 8.79. The molecule has 0 N–H and O–H groups in total. The highest BCUT2D eigenvalue weighted by Crippen LogP contribution is 2.32. The first kappa shape index (κ1) is 36.6. The lowest BCUT2D eigenvalue weighted by atomic mass is 10.00. The minimum atomic E-state index is -4.80. The van der Waals surface area contributed by atoms with Crippen LogP contribution >= 0.6 is 36.4 Å². The Labute approximate surface area is 263 Å². The number of alkyl halides is 3. The number of hydrogen-bond donors (Lipinski definition) is 0. The molecule has 2 unspecified atom stereocenters. The predicted octanol–water partition coefficient (Wildman–Crippen LogP) is 5.08. The number of carbonyl (C=O) groups is 1. The Morgan fingerprint density at radius 1 is 0.952 bits per heavy atom. The first-order valence-corrected chi connectivity index (χ1v) is 15.5. The molecule has 2 aliphatic heterocycles. The second-order valence-corrected chi connectivity index (χ2v) is 13.3. The van der Waals surface area contributed by atoms with Crippen LogP contribution in [-0.2, 0) is 27.2 Å². The molecule has 2 heterocycles. The number of benzene rings is 2. The van der Waals surface area contributed by atoms with Crippen LogP contribution in [0.2, 0.25) is 5.02 Å². The second kappa shape index (κ2) is 14.9. The highest BCUT2D eigenvalue weighted by Gasteiger charge is 2.36. The molecule has 3 atom stereocenters. The number of hydrogen-bond acceptors (Lipinski definition) is 6. The van der Waals surface area contributed by atoms with E-state index in [1.807, 2.05) is 12.1 Å². The molecule has 2 saturated heterocycles. The number of piperazine rings is 1. The largest absolute Gasteiger partial charge is 0.416 e. The van der Waals surface area contributed by atoms with E-state index in [2.05, 4.69) is 23.6 Å². The minimum Gasteiger partial charge on any atom is -0.373 e. The summed E-state index contributed by atoms with van der Waals surface area (Å²) in [6, 6.07) is 9.27. The summed E-state index contributed by atoms with van der Waals surface area (Å²) >= 11 is 6.05. The second-order valence-electron chi connectivity index (χ2n) is 10.8. The number of halogens is 6. The van der Waals surface area contributed by atoms with E-state index in [1.165, 1.54) is 0 Å². The van der Waals surface area contributed by atoms with E-state index in [-0.39, 0.29) is 48.6 Å². The van der Waals surface area contributed by atoms with E-state index in [4.69, 9.17) is 16.3 Å². The van der Waals surface area contributed by atoms with Crippen LogP contribution in [0.1, 0.15) is 35.3 Å². The molecular formula is C28H37Cl3F3N3O4S. The van der Waals surface area contributed by atoms with Crippen molar-refractivity contribution in [3.63, 3.8) is 0 Å². The van der Waals surface area contributed by atoms with E-state index in [1.54, 1.807) is 17.0 Å². The van der Waals surface area contributed by atoms with Crippen LogP contribution in [0.4, 0.5) is 13.2 Å². The lowest BCUT2D eigenvalue weighted by Crippen LogP contribution is -2.57. The molecule has 2 aromatic carbocycles. The maximum absolute atomic E-state index is 13.7. The van der Waals surface area contributed by atoms with Crippen molar-refractivity contribution in [3.8, 4) is 0 Å². The fourth-order valence-corrected chi connectivity index (χ4v) is 6.28. The fraction of sp³-hybridized carbons (Fsp3) is 0.536. The van der Waals surface area contributed by atoms with Gasteiger partial charge in [-0.2, -0.15) is 13.2 Å². The molecule has 0 spiro atoms. The molecule has 7 nitrogen and oxygen atoms in total. The normalized spacial score (nSPS) is 22.3. The standard InChI is InChI=1S/C28H35ClF3N3O4S.2ClH/c1-19-16-34(17-20(2)39-19)9-8-33-10-11-35(25(18-33)12-21-4-6-24(29)7-5-21)27(36)22-13-23(28(30,31)32)15-26(14-22)40(3,37)38;;/h4-7,13-15,19-20,25H,8-12,16-18H2,1-3H3;2*1H/t19?,20?,25-;;/m1../s1. The van der Waals surface area contributed by atoms with Gasteiger partial charge in [0.25, 0.3) is 5.91 Å². The molecule has 4 rings (SSSR count). The predicted molar refractivity (Wildman–Crippen MR) is 162 cm³/mol. The fourth-order valence-electron chi connectivity index (χ4n) is 5.47. The number of carbonyl (C=O) groups excluding carboxylic acids is 1. The number of morpholine rings is 1. The van der Waals surface area contributed by atoms with E-state index in [0.29, 0.717) is 37.1 Å². The molecule has 0 radical (unpaired) electrons. The maximum Gasteiger partial charge on any atom is 0.416 e. The molecule has 2 aromatic rings. The summed E-state index contributed by atoms with van der Waals surface area (Å²) < 4.78 is 71.0. The molecule has 14 heteroatoms. The molecule has 0 bridgehead atoms. The average molecular weight is 675 g/mol. The van der Waals surface area contributed by atoms with Crippen molar-refractivity contribution in [3.05, 3.63) is 64.2 Å². The average Bonchev–Trinajstić information content (AvgIpc) is 2.87. The lowest BCUT2D eigenvalue weighted by molar-refractivity contribution is -0.137. The third-order valence-corrected chi connectivity index (χ3v) is 8.69. The van der Waals surface area contributed by atoms with Crippen molar-refractivity contribution in [2.45, 2.75) is 49.6 Å². The van der Waals surface area contributed by atoms with Gasteiger partial charge in [0.15, 0.2) is 9.84 Å². The van der Waals surface area contributed by atoms with Crippen LogP contribution in [0.15, 0.2) is 47.4 Å². The Balaban J connectivity index is 0.00000308. The molecule has 2 fully saturated rings. The topological polar surface area (TPSA) is 70.2 Å². The monoisotopic (exact) mass is 673 g/mol. The molecule has 2 aliphatic rings. The van der Waals surface area contributed by atoms with Gasteiger partial charge in [0, 0.05) is 68.7 Å². The Bertz CT molecular complexity index is 1310. The zero-order valence-corrected chi connectivity index (χ0v) is 26.8. The van der Waals surface area contributed by atoms with Gasteiger partial charge in [-0.1, -0.05) is 23.7 Å². The van der Waals surface area contributed by atoms with Crippen LogP contribution < -0.4 is 0 Å². The number of ether oxygens (including phenoxy) is 1. The first-order valence-electron chi connectivity index (χ1n) is 13.3. The Hall–Kier alpha value is -1.60. The van der Waals surface area contributed by atoms with Gasteiger partial charge >= 0.3 is 6.18 Å². The number of amides is 1. The molecule has 0 aliphatic carbocycles. The summed E-state index contributed by atoms with van der Waals surface area (Å²) in [4.78, 5) is 19.4. The lowest BCUT2D eigenvalue weighted by Gasteiger charge is -2.43. The summed E-state index contributed by atoms with van der Waals surface area (Å²) in [5.74, 6) is -0.620. The number of sulfone groups is 1. The van der Waals surface area contributed by atoms with Gasteiger partial charge in [0.2, 0.25) is 0 Å². The van der Waals surface area contributed by atoms with Crippen molar-refractivity contribution in [1.82, 2.24) is 14.7 Å². The van der Waals surface area contributed by atoms with E-state index in [0.717, 1.165) is 50.1 Å². The smallest absolute Gasteiger partial charge is 0.373 e. The highest BCUT2D eigenvalue weighted by molar-refractivity contribution is 7.90. The van der Waals surface area contributed by atoms with Crippen molar-refractivity contribution < 1.29 is 31.1 Å². The van der Waals surface area contributed by atoms with Crippen molar-refractivity contribution >= 4 is 52.2 Å². The van der Waals surface area contributed by atoms with Crippen molar-refractivity contribution in [1.29, 1.82) is 0 Å². The molecule has 42 heavy (non-hydrogen) atoms. The molecular weight excluding hydrogens is 638 g/mol. The third-order valence-electron chi connectivity index (χ3n) is 7.35. The highest BCUT2D eigenvalue weighted by atomic mass is 35.5. The van der Waals surface area contributed by atoms with Gasteiger partial charge in [-0.3, -0.25) is 14.6 Å². The number of rotatable bonds is 7. The SMILES string of the molecule is CC1CN(CCN2CCN(C(=O)c3cc(C(F)(F)F)cc(S(C)(=O)=O)c3)[C@H](Cc3ccc(Cl)cc3)C2)CC(C)O1.Cl.Cl. The summed E-state index contributed by atoms with van der Waals surface area (Å²) in [7, 11) is -3.98. The summed E-state index contributed by atoms with van der Waals surface area (Å²) in [6.07, 6.45) is -3.19. The summed E-state index contributed by atoms with van der Waals surface area (Å²) in [5, 5.41) is 0.577. The van der Waals surface area contributed by atoms with Gasteiger partial charge < -0.3 is 9.64 Å². The maximum atomic E-state index is 13.7. The van der Waals surface area contributed by atoms with Gasteiger partial charge in [-0.25, -0.2) is 8.42 Å². The zero-order chi connectivity index (χ0) is 29.2. The Morgan fingerprint density at radius 3 is 2.12 bits per heavy atom. The van der Waals surface area contributed by atoms with E-state index < -0.39 is 32.4 Å². The van der Waals surface area contributed by atoms with Crippen molar-refractivity contribution in [2.75, 3.05) is 52.1 Å². The molecule has 236 valence electrons. The molecule has 0 aromatic heterocycles. The van der Waals surface area contributed by atoms with Crippen LogP contribution in [0.25, 0.3) is 0 Å². The third kappa shape index (κ3) is 9.70. The van der Waals surface area contributed by atoms with Gasteiger partial charge in [-0.05, 0) is 56.2 Å². The minimum absolute atomic E-state index is 0. The quantitative estimate of drug-likeness (QED) is 0.408. The van der Waals surface area contributed by atoms with E-state index in [9.17, 15) is 26.4 Å². The first-order chi connectivity index (χ1) is 18.7. The van der Waals surface area contributed by atoms with E-state index >= 15 is 0 Å². The van der Waals surface area contributed by atoms with Crippen LogP contribution in [0.3, 0.4) is 0 Å².